The fraction of sp³-hybridized carbons (Fsp3) is 0.417. The summed E-state index contributed by atoms with van der Waals surface area (Å²) in [5.41, 5.74) is 9.61. The molecular formula is C48H46N4. The van der Waals surface area contributed by atoms with Crippen molar-refractivity contribution >= 4 is 0 Å². The van der Waals surface area contributed by atoms with Gasteiger partial charge in [0.05, 0.1) is 11.6 Å². The maximum atomic E-state index is 10.5. The largest absolute Gasteiger partial charge is 0.208 e. The average Bonchev–Trinajstić information content (AvgIpc) is 3.17. The molecule has 0 spiro atoms. The zero-order valence-electron chi connectivity index (χ0n) is 30.0. The van der Waals surface area contributed by atoms with Gasteiger partial charge < -0.3 is 0 Å². The minimum atomic E-state index is 0.306. The van der Waals surface area contributed by atoms with Crippen molar-refractivity contribution in [2.45, 2.75) is 87.9 Å². The lowest BCUT2D eigenvalue weighted by Gasteiger charge is -2.58. The van der Waals surface area contributed by atoms with E-state index in [1.807, 2.05) is 66.7 Å². The van der Waals surface area contributed by atoms with Crippen molar-refractivity contribution in [1.29, 1.82) is 5.26 Å². The Bertz CT molecular complexity index is 2040. The van der Waals surface area contributed by atoms with E-state index in [4.69, 9.17) is 15.0 Å². The first-order valence-electron chi connectivity index (χ1n) is 20.1. The van der Waals surface area contributed by atoms with Crippen molar-refractivity contribution < 1.29 is 0 Å². The van der Waals surface area contributed by atoms with E-state index in [1.54, 1.807) is 11.1 Å². The Balaban J connectivity index is 1.08. The van der Waals surface area contributed by atoms with Crippen molar-refractivity contribution in [2.75, 3.05) is 0 Å². The van der Waals surface area contributed by atoms with Crippen molar-refractivity contribution in [3.8, 4) is 51.4 Å². The fourth-order valence-electron chi connectivity index (χ4n) is 13.3. The third-order valence-corrected chi connectivity index (χ3v) is 14.6. The summed E-state index contributed by atoms with van der Waals surface area (Å²) in [6.07, 6.45) is 16.9. The lowest BCUT2D eigenvalue weighted by atomic mass is 9.46. The van der Waals surface area contributed by atoms with E-state index in [1.165, 1.54) is 82.6 Å². The molecule has 8 saturated carbocycles. The van der Waals surface area contributed by atoms with Crippen LogP contribution in [0.25, 0.3) is 45.3 Å². The topological polar surface area (TPSA) is 62.5 Å². The van der Waals surface area contributed by atoms with Gasteiger partial charge in [0.25, 0.3) is 0 Å². The quantitative estimate of drug-likeness (QED) is 0.179. The van der Waals surface area contributed by atoms with E-state index in [0.29, 0.717) is 33.9 Å². The van der Waals surface area contributed by atoms with Crippen LogP contribution in [0.3, 0.4) is 0 Å². The van der Waals surface area contributed by atoms with Crippen molar-refractivity contribution in [3.05, 3.63) is 114 Å². The Morgan fingerprint density at radius 1 is 0.423 bits per heavy atom. The number of rotatable bonds is 6. The average molecular weight is 679 g/mol. The van der Waals surface area contributed by atoms with E-state index < -0.39 is 0 Å². The third kappa shape index (κ3) is 5.18. The number of hydrogen-bond donors (Lipinski definition) is 0. The number of nitrogens with zero attached hydrogens (tertiary/aromatic N) is 4. The molecule has 8 fully saturated rings. The molecule has 0 saturated heterocycles. The van der Waals surface area contributed by atoms with Gasteiger partial charge in [0.15, 0.2) is 17.5 Å². The second-order valence-corrected chi connectivity index (χ2v) is 18.1. The molecule has 0 unspecified atom stereocenters. The molecular weight excluding hydrogens is 633 g/mol. The molecule has 5 aromatic rings. The Kier molecular flexibility index (Phi) is 6.96. The van der Waals surface area contributed by atoms with Gasteiger partial charge in [-0.2, -0.15) is 5.26 Å². The summed E-state index contributed by atoms with van der Waals surface area (Å²) in [6.45, 7) is 0. The molecule has 52 heavy (non-hydrogen) atoms. The van der Waals surface area contributed by atoms with Crippen LogP contribution in [0.1, 0.15) is 93.7 Å². The van der Waals surface area contributed by atoms with Crippen LogP contribution in [-0.2, 0) is 10.8 Å². The Labute approximate surface area is 307 Å². The summed E-state index contributed by atoms with van der Waals surface area (Å²) in [4.78, 5) is 15.1. The maximum Gasteiger partial charge on any atom is 0.164 e. The van der Waals surface area contributed by atoms with Crippen LogP contribution < -0.4 is 0 Å². The van der Waals surface area contributed by atoms with Gasteiger partial charge in [-0.1, -0.05) is 78.9 Å². The summed E-state index contributed by atoms with van der Waals surface area (Å²) in [5.74, 6) is 7.26. The van der Waals surface area contributed by atoms with Gasteiger partial charge in [0, 0.05) is 16.7 Å². The first-order chi connectivity index (χ1) is 25.5. The van der Waals surface area contributed by atoms with Gasteiger partial charge in [-0.25, -0.2) is 15.0 Å². The van der Waals surface area contributed by atoms with E-state index in [2.05, 4.69) is 36.4 Å². The Morgan fingerprint density at radius 2 is 0.788 bits per heavy atom. The lowest BCUT2D eigenvalue weighted by molar-refractivity contribution is -0.00832. The maximum absolute atomic E-state index is 10.5. The molecule has 1 aromatic heterocycles. The van der Waals surface area contributed by atoms with Crippen LogP contribution in [0.4, 0.5) is 0 Å². The van der Waals surface area contributed by atoms with E-state index >= 15 is 0 Å². The fourth-order valence-corrected chi connectivity index (χ4v) is 13.3. The highest BCUT2D eigenvalue weighted by atomic mass is 15.0. The summed E-state index contributed by atoms with van der Waals surface area (Å²) < 4.78 is 0. The first kappa shape index (κ1) is 31.0. The minimum absolute atomic E-state index is 0.306. The molecule has 8 aliphatic carbocycles. The predicted molar refractivity (Wildman–Crippen MR) is 206 cm³/mol. The standard InChI is InChI=1S/C48H46N4/c49-29-36-17-39(19-41(18-36)46-51-44(37-7-3-1-4-8-37)50-45(52-46)38-9-5-2-6-10-38)40-20-42(47-23-30-11-31(24-47)13-32(12-30)25-47)22-43(21-40)48-26-33-14-34(27-48)16-35(15-33)28-48/h1-10,17-22,30-35H,11-16,23-28H2/t30-,31+,32-,33-,34+,35?,47?,48?. The number of aromatic nitrogens is 3. The van der Waals surface area contributed by atoms with Crippen LogP contribution >= 0.6 is 0 Å². The second-order valence-electron chi connectivity index (χ2n) is 18.1. The molecule has 0 amide bonds. The van der Waals surface area contributed by atoms with Gasteiger partial charge >= 0.3 is 0 Å². The van der Waals surface area contributed by atoms with E-state index in [0.717, 1.165) is 57.8 Å². The molecule has 4 heteroatoms. The molecule has 258 valence electrons. The summed E-state index contributed by atoms with van der Waals surface area (Å²) in [6, 6.07) is 37.0. The van der Waals surface area contributed by atoms with Crippen molar-refractivity contribution in [2.24, 2.45) is 35.5 Å². The van der Waals surface area contributed by atoms with Crippen LogP contribution in [-0.4, -0.2) is 15.0 Å². The van der Waals surface area contributed by atoms with Gasteiger partial charge in [0.1, 0.15) is 0 Å². The van der Waals surface area contributed by atoms with E-state index in [-0.39, 0.29) is 0 Å². The van der Waals surface area contributed by atoms with E-state index in [9.17, 15) is 5.26 Å². The SMILES string of the molecule is N#Cc1cc(-c2cc(C34CC5C[C@H](C3)C[C@@H](C5)C4)cc(C34C[C@H]5C[C@@H](C3)C[C@@H](C4)C5)c2)cc(-c2nc(-c3ccccc3)nc(-c3ccccc3)n2)c1. The smallest absolute Gasteiger partial charge is 0.164 e. The van der Waals surface area contributed by atoms with Gasteiger partial charge in [-0.3, -0.25) is 0 Å². The zero-order chi connectivity index (χ0) is 34.4. The molecule has 8 aliphatic rings. The molecule has 4 aromatic carbocycles. The monoisotopic (exact) mass is 678 g/mol. The molecule has 1 heterocycles. The Morgan fingerprint density at radius 3 is 1.19 bits per heavy atom. The number of hydrogen-bond acceptors (Lipinski definition) is 4. The predicted octanol–water partition coefficient (Wildman–Crippen LogP) is 11.3. The molecule has 0 atom stereocenters. The summed E-state index contributed by atoms with van der Waals surface area (Å²) in [5, 5.41) is 10.5. The normalized spacial score (nSPS) is 32.2. The zero-order valence-corrected chi connectivity index (χ0v) is 30.0. The lowest BCUT2D eigenvalue weighted by Crippen LogP contribution is -2.50. The van der Waals surface area contributed by atoms with Crippen molar-refractivity contribution in [3.63, 3.8) is 0 Å². The second kappa shape index (κ2) is 11.7. The summed E-state index contributed by atoms with van der Waals surface area (Å²) >= 11 is 0. The minimum Gasteiger partial charge on any atom is -0.208 e. The van der Waals surface area contributed by atoms with Crippen LogP contribution in [0.2, 0.25) is 0 Å². The van der Waals surface area contributed by atoms with Crippen LogP contribution in [0.15, 0.2) is 97.1 Å². The van der Waals surface area contributed by atoms with Crippen molar-refractivity contribution in [1.82, 2.24) is 15.0 Å². The highest BCUT2D eigenvalue weighted by Crippen LogP contribution is 2.64. The third-order valence-electron chi connectivity index (χ3n) is 14.6. The molecule has 13 rings (SSSR count). The first-order valence-corrected chi connectivity index (χ1v) is 20.1. The number of benzene rings is 4. The molecule has 0 N–H and O–H groups in total. The van der Waals surface area contributed by atoms with Crippen LogP contribution in [0.5, 0.6) is 0 Å². The highest BCUT2D eigenvalue weighted by molar-refractivity contribution is 5.75. The van der Waals surface area contributed by atoms with Gasteiger partial charge in [-0.05, 0) is 164 Å². The molecule has 4 nitrogen and oxygen atoms in total. The molecule has 0 aliphatic heterocycles. The number of nitriles is 1. The highest BCUT2D eigenvalue weighted by Gasteiger charge is 2.54. The summed E-state index contributed by atoms with van der Waals surface area (Å²) in [7, 11) is 0. The Hall–Kier alpha value is -4.62. The van der Waals surface area contributed by atoms with Crippen LogP contribution in [0, 0.1) is 46.8 Å². The molecule has 8 bridgehead atoms. The molecule has 0 radical (unpaired) electrons. The van der Waals surface area contributed by atoms with Gasteiger partial charge in [-0.15, -0.1) is 0 Å². The van der Waals surface area contributed by atoms with Gasteiger partial charge in [0.2, 0.25) is 0 Å².